The highest BCUT2D eigenvalue weighted by molar-refractivity contribution is 7.99. The number of anilines is 2. The number of benzene rings is 2. The molecule has 2 N–H and O–H groups in total. The molecule has 0 spiro atoms. The summed E-state index contributed by atoms with van der Waals surface area (Å²) in [6.07, 6.45) is 0. The fourth-order valence-corrected chi connectivity index (χ4v) is 6.28. The van der Waals surface area contributed by atoms with Crippen LogP contribution in [0.15, 0.2) is 63.1 Å². The number of fused-ring (bicyclic) bond motifs is 2. The van der Waals surface area contributed by atoms with Crippen molar-refractivity contribution in [2.45, 2.75) is 15.8 Å². The number of H-pyrrole nitrogens is 1. The minimum Gasteiger partial charge on any atom is -0.454 e. The first-order valence-corrected chi connectivity index (χ1v) is 14.2. The Morgan fingerprint density at radius 3 is 2.59 bits per heavy atom. The van der Waals surface area contributed by atoms with Crippen LogP contribution in [0, 0.1) is 0 Å². The number of hydrogen-bond donors (Lipinski definition) is 2. The standard InChI is InChI=1S/C29H34N4O5S/c1-35-19-21(18-32-7-11-36-12-8-32)30-20-5-6-25-27(15-20)39-26-4-2-3-23(29(26)38-25)24-16-22(17-28(34)31-24)33-9-13-37-14-10-33/h2-6,15-17,21,30H,7-14,18-19H2,1H3,(H,31,34)/t21-/m0/s1. The SMILES string of the molecule is COC[C@H](CN1CCOCC1)Nc1ccc2c(c1)Sc1cccc(-c3cc(N4CCOCC4)cc(=O)[nH]3)c1O2. The summed E-state index contributed by atoms with van der Waals surface area (Å²) in [6, 6.07) is 16.1. The van der Waals surface area contributed by atoms with E-state index in [2.05, 4.69) is 38.3 Å². The summed E-state index contributed by atoms with van der Waals surface area (Å²) in [5.74, 6) is 1.56. The highest BCUT2D eigenvalue weighted by Gasteiger charge is 2.24. The molecule has 0 unspecified atom stereocenters. The van der Waals surface area contributed by atoms with Crippen molar-refractivity contribution in [1.82, 2.24) is 9.88 Å². The van der Waals surface area contributed by atoms with Crippen LogP contribution in [0.5, 0.6) is 11.5 Å². The van der Waals surface area contributed by atoms with E-state index >= 15 is 0 Å². The minimum absolute atomic E-state index is 0.131. The van der Waals surface area contributed by atoms with Gasteiger partial charge in [0.05, 0.1) is 54.6 Å². The number of rotatable bonds is 8. The van der Waals surface area contributed by atoms with Gasteiger partial charge in [0, 0.05) is 62.8 Å². The maximum atomic E-state index is 12.6. The van der Waals surface area contributed by atoms with Crippen molar-refractivity contribution in [2.75, 3.05) is 83.1 Å². The predicted molar refractivity (Wildman–Crippen MR) is 153 cm³/mol. The van der Waals surface area contributed by atoms with Gasteiger partial charge < -0.3 is 34.1 Å². The molecular formula is C29H34N4O5S. The molecule has 2 aromatic carbocycles. The molecule has 3 aliphatic heterocycles. The lowest BCUT2D eigenvalue weighted by atomic mass is 10.1. The van der Waals surface area contributed by atoms with E-state index in [1.165, 1.54) is 0 Å². The molecule has 1 atom stereocenters. The van der Waals surface area contributed by atoms with E-state index in [9.17, 15) is 4.79 Å². The Balaban J connectivity index is 1.22. The van der Waals surface area contributed by atoms with Gasteiger partial charge in [-0.3, -0.25) is 9.69 Å². The first kappa shape index (κ1) is 26.2. The van der Waals surface area contributed by atoms with Crippen LogP contribution >= 0.6 is 11.8 Å². The van der Waals surface area contributed by atoms with Gasteiger partial charge in [0.1, 0.15) is 5.75 Å². The molecule has 4 heterocycles. The number of methoxy groups -OCH3 is 1. The fourth-order valence-electron chi connectivity index (χ4n) is 5.25. The van der Waals surface area contributed by atoms with E-state index in [4.69, 9.17) is 18.9 Å². The number of hydrogen-bond acceptors (Lipinski definition) is 9. The van der Waals surface area contributed by atoms with Crippen molar-refractivity contribution < 1.29 is 18.9 Å². The third-order valence-corrected chi connectivity index (χ3v) is 8.25. The molecule has 0 radical (unpaired) electrons. The predicted octanol–water partition coefficient (Wildman–Crippen LogP) is 3.89. The average molecular weight is 551 g/mol. The minimum atomic E-state index is -0.131. The summed E-state index contributed by atoms with van der Waals surface area (Å²) in [6.45, 7) is 7.81. The molecule has 39 heavy (non-hydrogen) atoms. The number of para-hydroxylation sites is 1. The molecule has 0 saturated carbocycles. The summed E-state index contributed by atoms with van der Waals surface area (Å²) >= 11 is 1.68. The van der Waals surface area contributed by atoms with Gasteiger partial charge in [-0.1, -0.05) is 17.8 Å². The number of nitrogens with zero attached hydrogens (tertiary/aromatic N) is 2. The van der Waals surface area contributed by atoms with Crippen molar-refractivity contribution in [1.29, 1.82) is 0 Å². The second kappa shape index (κ2) is 12.0. The van der Waals surface area contributed by atoms with E-state index in [0.717, 1.165) is 89.9 Å². The van der Waals surface area contributed by atoms with Crippen LogP contribution in [-0.4, -0.2) is 88.8 Å². The highest BCUT2D eigenvalue weighted by atomic mass is 32.2. The summed E-state index contributed by atoms with van der Waals surface area (Å²) in [5, 5.41) is 3.65. The van der Waals surface area contributed by atoms with Gasteiger partial charge in [-0.25, -0.2) is 0 Å². The molecule has 0 aliphatic carbocycles. The third-order valence-electron chi connectivity index (χ3n) is 7.17. The maximum absolute atomic E-state index is 12.6. The largest absolute Gasteiger partial charge is 0.454 e. The molecule has 0 bridgehead atoms. The van der Waals surface area contributed by atoms with E-state index in [-0.39, 0.29) is 11.6 Å². The molecule has 10 heteroatoms. The Morgan fingerprint density at radius 1 is 1.00 bits per heavy atom. The molecule has 2 fully saturated rings. The van der Waals surface area contributed by atoms with Crippen molar-refractivity contribution >= 4 is 23.1 Å². The maximum Gasteiger partial charge on any atom is 0.250 e. The summed E-state index contributed by atoms with van der Waals surface area (Å²) in [5.41, 5.74) is 3.41. The molecule has 6 rings (SSSR count). The van der Waals surface area contributed by atoms with Gasteiger partial charge in [-0.2, -0.15) is 0 Å². The van der Waals surface area contributed by atoms with Gasteiger partial charge in [0.25, 0.3) is 0 Å². The second-order valence-electron chi connectivity index (χ2n) is 9.92. The molecule has 3 aromatic rings. The number of morpholine rings is 2. The smallest absolute Gasteiger partial charge is 0.250 e. The zero-order chi connectivity index (χ0) is 26.6. The fraction of sp³-hybridized carbons (Fsp3) is 0.414. The summed E-state index contributed by atoms with van der Waals surface area (Å²) in [4.78, 5) is 22.3. The quantitative estimate of drug-likeness (QED) is 0.339. The van der Waals surface area contributed by atoms with Crippen LogP contribution in [0.3, 0.4) is 0 Å². The Kier molecular flexibility index (Phi) is 8.08. The van der Waals surface area contributed by atoms with E-state index in [0.29, 0.717) is 19.8 Å². The Bertz CT molecular complexity index is 1350. The summed E-state index contributed by atoms with van der Waals surface area (Å²) in [7, 11) is 1.74. The normalized spacial score (nSPS) is 18.1. The lowest BCUT2D eigenvalue weighted by Gasteiger charge is -2.31. The van der Waals surface area contributed by atoms with Crippen LogP contribution in [0.1, 0.15) is 0 Å². The monoisotopic (exact) mass is 550 g/mol. The molecular weight excluding hydrogens is 516 g/mol. The topological polar surface area (TPSA) is 88.3 Å². The van der Waals surface area contributed by atoms with Crippen molar-refractivity contribution in [2.24, 2.45) is 0 Å². The molecule has 2 saturated heterocycles. The molecule has 1 aromatic heterocycles. The lowest BCUT2D eigenvalue weighted by molar-refractivity contribution is 0.0319. The van der Waals surface area contributed by atoms with Crippen LogP contribution in [-0.2, 0) is 14.2 Å². The first-order chi connectivity index (χ1) is 19.2. The Morgan fingerprint density at radius 2 is 1.79 bits per heavy atom. The zero-order valence-electron chi connectivity index (χ0n) is 22.1. The number of pyridine rings is 1. The third kappa shape index (κ3) is 6.10. The van der Waals surface area contributed by atoms with Gasteiger partial charge in [0.2, 0.25) is 5.56 Å². The average Bonchev–Trinajstić information content (AvgIpc) is 2.96. The highest BCUT2D eigenvalue weighted by Crippen LogP contribution is 2.51. The number of aromatic nitrogens is 1. The molecule has 9 nitrogen and oxygen atoms in total. The van der Waals surface area contributed by atoms with Crippen LogP contribution in [0.2, 0.25) is 0 Å². The van der Waals surface area contributed by atoms with Crippen LogP contribution in [0.25, 0.3) is 11.3 Å². The van der Waals surface area contributed by atoms with Crippen LogP contribution < -0.4 is 20.5 Å². The number of aromatic amines is 1. The van der Waals surface area contributed by atoms with Crippen molar-refractivity contribution in [3.8, 4) is 22.8 Å². The number of nitrogens with one attached hydrogen (secondary N) is 2. The molecule has 3 aliphatic rings. The van der Waals surface area contributed by atoms with E-state index in [1.54, 1.807) is 24.9 Å². The van der Waals surface area contributed by atoms with E-state index in [1.807, 2.05) is 24.3 Å². The number of ether oxygens (including phenoxy) is 4. The zero-order valence-corrected chi connectivity index (χ0v) is 22.9. The van der Waals surface area contributed by atoms with Gasteiger partial charge in [-0.15, -0.1) is 0 Å². The van der Waals surface area contributed by atoms with Crippen molar-refractivity contribution in [3.63, 3.8) is 0 Å². The Labute approximate surface area is 232 Å². The summed E-state index contributed by atoms with van der Waals surface area (Å²) < 4.78 is 22.9. The van der Waals surface area contributed by atoms with Gasteiger partial charge >= 0.3 is 0 Å². The van der Waals surface area contributed by atoms with E-state index < -0.39 is 0 Å². The second-order valence-corrected chi connectivity index (χ2v) is 11.0. The lowest BCUT2D eigenvalue weighted by Crippen LogP contribution is -2.44. The Hall–Kier alpha value is -3.02. The van der Waals surface area contributed by atoms with Crippen LogP contribution in [0.4, 0.5) is 11.4 Å². The first-order valence-electron chi connectivity index (χ1n) is 13.4. The van der Waals surface area contributed by atoms with Gasteiger partial charge in [-0.05, 0) is 36.4 Å². The molecule has 0 amide bonds. The molecule has 206 valence electrons. The van der Waals surface area contributed by atoms with Gasteiger partial charge in [0.15, 0.2) is 5.75 Å². The van der Waals surface area contributed by atoms with Crippen molar-refractivity contribution in [3.05, 3.63) is 58.9 Å².